The summed E-state index contributed by atoms with van der Waals surface area (Å²) in [6.45, 7) is 6.35. The highest BCUT2D eigenvalue weighted by Gasteiger charge is 2.19. The fraction of sp³-hybridized carbons (Fsp3) is 0.627. The van der Waals surface area contributed by atoms with E-state index in [0.29, 0.717) is 19.3 Å². The molecule has 73 heavy (non-hydrogen) atoms. The molecular formula is C67H108O6. The highest BCUT2D eigenvalue weighted by molar-refractivity contribution is 5.71. The number of carbonyl (C=O) groups is 3. The van der Waals surface area contributed by atoms with Crippen molar-refractivity contribution in [3.05, 3.63) is 134 Å². The molecule has 0 N–H and O–H groups in total. The van der Waals surface area contributed by atoms with E-state index in [2.05, 4.69) is 154 Å². The number of unbranched alkanes of at least 4 members (excludes halogenated alkanes) is 19. The van der Waals surface area contributed by atoms with Gasteiger partial charge in [0.25, 0.3) is 0 Å². The lowest BCUT2D eigenvalue weighted by molar-refractivity contribution is -0.167. The minimum absolute atomic E-state index is 0.0981. The summed E-state index contributed by atoms with van der Waals surface area (Å²) < 4.78 is 16.8. The van der Waals surface area contributed by atoms with Gasteiger partial charge in [0.1, 0.15) is 13.2 Å². The van der Waals surface area contributed by atoms with Gasteiger partial charge < -0.3 is 14.2 Å². The van der Waals surface area contributed by atoms with Gasteiger partial charge in [0.05, 0.1) is 0 Å². The van der Waals surface area contributed by atoms with Crippen LogP contribution < -0.4 is 0 Å². The number of hydrogen-bond donors (Lipinski definition) is 0. The Hall–Kier alpha value is -4.45. The van der Waals surface area contributed by atoms with Crippen LogP contribution in [0.4, 0.5) is 0 Å². The second-order valence-electron chi connectivity index (χ2n) is 19.2. The maximum Gasteiger partial charge on any atom is 0.306 e. The lowest BCUT2D eigenvalue weighted by atomic mass is 10.1. The van der Waals surface area contributed by atoms with E-state index in [0.717, 1.165) is 173 Å². The monoisotopic (exact) mass is 1010 g/mol. The van der Waals surface area contributed by atoms with Crippen molar-refractivity contribution >= 4 is 17.9 Å². The van der Waals surface area contributed by atoms with Gasteiger partial charge in [-0.2, -0.15) is 0 Å². The lowest BCUT2D eigenvalue weighted by Gasteiger charge is -2.18. The topological polar surface area (TPSA) is 78.9 Å². The molecule has 0 saturated heterocycles. The van der Waals surface area contributed by atoms with E-state index in [1.54, 1.807) is 0 Å². The predicted octanol–water partition coefficient (Wildman–Crippen LogP) is 20.2. The average molecular weight is 1010 g/mol. The van der Waals surface area contributed by atoms with Crippen molar-refractivity contribution in [3.8, 4) is 0 Å². The first-order chi connectivity index (χ1) is 36.0. The van der Waals surface area contributed by atoms with Crippen molar-refractivity contribution in [3.63, 3.8) is 0 Å². The molecule has 6 nitrogen and oxygen atoms in total. The number of hydrogen-bond acceptors (Lipinski definition) is 6. The Kier molecular flexibility index (Phi) is 56.4. The Morgan fingerprint density at radius 3 is 0.836 bits per heavy atom. The van der Waals surface area contributed by atoms with Crippen LogP contribution in [0.25, 0.3) is 0 Å². The van der Waals surface area contributed by atoms with Gasteiger partial charge in [-0.25, -0.2) is 0 Å². The summed E-state index contributed by atoms with van der Waals surface area (Å²) in [6.07, 6.45) is 84.5. The zero-order valence-corrected chi connectivity index (χ0v) is 47.1. The molecule has 0 bridgehead atoms. The third-order valence-corrected chi connectivity index (χ3v) is 12.1. The first kappa shape index (κ1) is 68.6. The SMILES string of the molecule is CC/C=C\C/C=C\C/C=C\C/C=C\C/C=C\C/C=C\C/C=C\CCCCCCCCCC(=O)OCC(COC(=O)CCCCCCC/C=C\C/C=C\CCC)OC(=O)CCCCCCC/C=C\C/C=C\CCC. The predicted molar refractivity (Wildman–Crippen MR) is 316 cm³/mol. The normalized spacial score (nSPS) is 13.1. The van der Waals surface area contributed by atoms with Gasteiger partial charge in [0, 0.05) is 19.3 Å². The van der Waals surface area contributed by atoms with Crippen molar-refractivity contribution in [2.24, 2.45) is 0 Å². The first-order valence-corrected chi connectivity index (χ1v) is 29.7. The third kappa shape index (κ3) is 58.3. The van der Waals surface area contributed by atoms with E-state index < -0.39 is 6.10 Å². The quantitative estimate of drug-likeness (QED) is 0.0261. The van der Waals surface area contributed by atoms with Crippen LogP contribution in [0.15, 0.2) is 134 Å². The minimum atomic E-state index is -0.800. The Morgan fingerprint density at radius 1 is 0.288 bits per heavy atom. The standard InChI is InChI=1S/C67H108O6/c1-4-7-10-13-16-19-22-25-26-27-28-29-30-31-32-33-34-35-36-37-38-39-40-43-45-48-51-54-57-60-66(69)72-63-64(73-67(70)61-58-55-52-49-46-42-24-21-18-15-12-9-6-3)62-71-65(68)59-56-53-50-47-44-41-23-20-17-14-11-8-5-2/h7,10-12,14-16,19-21,23-26,28-29,31-32,34-35,37-38,64H,4-6,8-9,13,17-18,22,27,30,33,36,39-63H2,1-3H3/b10-7-,14-11-,15-12-,19-16-,23-20-,24-21-,26-25-,29-28-,32-31-,35-34-,38-37-. The largest absolute Gasteiger partial charge is 0.462 e. The maximum absolute atomic E-state index is 12.8. The highest BCUT2D eigenvalue weighted by Crippen LogP contribution is 2.14. The molecule has 0 aliphatic rings. The molecule has 0 aromatic carbocycles. The van der Waals surface area contributed by atoms with E-state index in [9.17, 15) is 14.4 Å². The molecule has 412 valence electrons. The summed E-state index contributed by atoms with van der Waals surface area (Å²) in [5, 5.41) is 0. The zero-order chi connectivity index (χ0) is 52.9. The van der Waals surface area contributed by atoms with Gasteiger partial charge in [0.15, 0.2) is 6.10 Å². The molecule has 0 radical (unpaired) electrons. The lowest BCUT2D eigenvalue weighted by Crippen LogP contribution is -2.30. The van der Waals surface area contributed by atoms with Crippen molar-refractivity contribution in [2.45, 2.75) is 258 Å². The van der Waals surface area contributed by atoms with Gasteiger partial charge in [0.2, 0.25) is 0 Å². The molecule has 0 saturated carbocycles. The van der Waals surface area contributed by atoms with Gasteiger partial charge in [-0.15, -0.1) is 0 Å². The second-order valence-corrected chi connectivity index (χ2v) is 19.2. The first-order valence-electron chi connectivity index (χ1n) is 29.7. The number of ether oxygens (including phenoxy) is 3. The van der Waals surface area contributed by atoms with Crippen LogP contribution in [-0.2, 0) is 28.6 Å². The average Bonchev–Trinajstić information content (AvgIpc) is 3.39. The van der Waals surface area contributed by atoms with E-state index in [1.165, 1.54) is 38.5 Å². The molecule has 0 rings (SSSR count). The van der Waals surface area contributed by atoms with E-state index in [4.69, 9.17) is 14.2 Å². The molecule has 0 aromatic rings. The van der Waals surface area contributed by atoms with Crippen LogP contribution in [0.5, 0.6) is 0 Å². The summed E-state index contributed by atoms with van der Waals surface area (Å²) >= 11 is 0. The summed E-state index contributed by atoms with van der Waals surface area (Å²) in [4.78, 5) is 38.1. The van der Waals surface area contributed by atoms with Crippen LogP contribution in [-0.4, -0.2) is 37.2 Å². The van der Waals surface area contributed by atoms with Crippen molar-refractivity contribution in [1.82, 2.24) is 0 Å². The Labute approximate surface area is 449 Å². The van der Waals surface area contributed by atoms with Crippen molar-refractivity contribution in [2.75, 3.05) is 13.2 Å². The molecule has 0 amide bonds. The summed E-state index contributed by atoms with van der Waals surface area (Å²) in [6, 6.07) is 0. The fourth-order valence-electron chi connectivity index (χ4n) is 7.67. The summed E-state index contributed by atoms with van der Waals surface area (Å²) in [5.41, 5.74) is 0. The molecule has 0 heterocycles. The number of allylic oxidation sites excluding steroid dienone is 22. The van der Waals surface area contributed by atoms with Gasteiger partial charge in [-0.3, -0.25) is 14.4 Å². The number of carbonyl (C=O) groups excluding carboxylic acids is 3. The second kappa shape index (κ2) is 60.1. The highest BCUT2D eigenvalue weighted by atomic mass is 16.6. The van der Waals surface area contributed by atoms with E-state index in [1.807, 2.05) is 0 Å². The van der Waals surface area contributed by atoms with Gasteiger partial charge >= 0.3 is 17.9 Å². The van der Waals surface area contributed by atoms with Crippen LogP contribution in [0, 0.1) is 0 Å². The molecule has 0 fully saturated rings. The smallest absolute Gasteiger partial charge is 0.306 e. The van der Waals surface area contributed by atoms with Crippen LogP contribution >= 0.6 is 0 Å². The maximum atomic E-state index is 12.8. The number of esters is 3. The van der Waals surface area contributed by atoms with E-state index in [-0.39, 0.29) is 31.1 Å². The van der Waals surface area contributed by atoms with Gasteiger partial charge in [-0.1, -0.05) is 238 Å². The minimum Gasteiger partial charge on any atom is -0.462 e. The zero-order valence-electron chi connectivity index (χ0n) is 47.1. The molecule has 0 spiro atoms. The van der Waals surface area contributed by atoms with Crippen LogP contribution in [0.2, 0.25) is 0 Å². The molecule has 0 aliphatic carbocycles. The molecule has 6 heteroatoms. The van der Waals surface area contributed by atoms with Crippen molar-refractivity contribution < 1.29 is 28.6 Å². The molecular weight excluding hydrogens is 901 g/mol. The Bertz CT molecular complexity index is 1580. The summed E-state index contributed by atoms with van der Waals surface area (Å²) in [7, 11) is 0. The molecule has 1 unspecified atom stereocenters. The Morgan fingerprint density at radius 2 is 0.534 bits per heavy atom. The van der Waals surface area contributed by atoms with E-state index >= 15 is 0 Å². The van der Waals surface area contributed by atoms with Crippen molar-refractivity contribution in [1.29, 1.82) is 0 Å². The molecule has 0 aliphatic heterocycles. The summed E-state index contributed by atoms with van der Waals surface area (Å²) in [5.74, 6) is -0.941. The Balaban J connectivity index is 4.32. The third-order valence-electron chi connectivity index (χ3n) is 12.1. The van der Waals surface area contributed by atoms with Crippen LogP contribution in [0.1, 0.15) is 252 Å². The fourth-order valence-corrected chi connectivity index (χ4v) is 7.67. The number of rotatable bonds is 52. The molecule has 0 aromatic heterocycles. The molecule has 1 atom stereocenters. The van der Waals surface area contributed by atoms with Crippen LogP contribution in [0.3, 0.4) is 0 Å². The van der Waals surface area contributed by atoms with Gasteiger partial charge in [-0.05, 0) is 128 Å².